The summed E-state index contributed by atoms with van der Waals surface area (Å²) in [6.45, 7) is 1.03. The highest BCUT2D eigenvalue weighted by molar-refractivity contribution is 5.41. The third kappa shape index (κ3) is 4.38. The minimum absolute atomic E-state index is 0.299. The highest BCUT2D eigenvalue weighted by Crippen LogP contribution is 2.12. The standard InChI is InChI=1S/C16H16N2O/c1-2-12-19-16-10-8-14(9-11-16)13-17-18-15-6-4-3-5-7-15/h1,3-11,17-18H,12-13H2. The predicted molar refractivity (Wildman–Crippen MR) is 77.7 cm³/mol. The van der Waals surface area contributed by atoms with E-state index in [1.807, 2.05) is 54.6 Å². The van der Waals surface area contributed by atoms with E-state index in [-0.39, 0.29) is 0 Å². The molecular formula is C16H16N2O. The van der Waals surface area contributed by atoms with Gasteiger partial charge in [-0.15, -0.1) is 6.42 Å². The number of para-hydroxylation sites is 1. The molecule has 2 N–H and O–H groups in total. The minimum atomic E-state index is 0.299. The van der Waals surface area contributed by atoms with Crippen molar-refractivity contribution < 1.29 is 4.74 Å². The number of rotatable bonds is 6. The molecule has 0 atom stereocenters. The summed E-state index contributed by atoms with van der Waals surface area (Å²) in [5.41, 5.74) is 8.49. The van der Waals surface area contributed by atoms with Crippen LogP contribution in [0.2, 0.25) is 0 Å². The van der Waals surface area contributed by atoms with Gasteiger partial charge in [0.15, 0.2) is 0 Å². The van der Waals surface area contributed by atoms with Crippen molar-refractivity contribution in [1.29, 1.82) is 0 Å². The highest BCUT2D eigenvalue weighted by Gasteiger charge is 1.95. The van der Waals surface area contributed by atoms with Crippen LogP contribution in [0.25, 0.3) is 0 Å². The molecule has 0 aliphatic carbocycles. The monoisotopic (exact) mass is 252 g/mol. The quantitative estimate of drug-likeness (QED) is 0.612. The zero-order chi connectivity index (χ0) is 13.3. The smallest absolute Gasteiger partial charge is 0.148 e. The van der Waals surface area contributed by atoms with Crippen LogP contribution in [0.3, 0.4) is 0 Å². The van der Waals surface area contributed by atoms with E-state index in [1.54, 1.807) is 0 Å². The van der Waals surface area contributed by atoms with Crippen LogP contribution in [-0.2, 0) is 6.54 Å². The van der Waals surface area contributed by atoms with E-state index < -0.39 is 0 Å². The van der Waals surface area contributed by atoms with Gasteiger partial charge in [0.25, 0.3) is 0 Å². The molecule has 0 unspecified atom stereocenters. The van der Waals surface area contributed by atoms with Gasteiger partial charge in [-0.05, 0) is 29.8 Å². The Morgan fingerprint density at radius 3 is 2.42 bits per heavy atom. The van der Waals surface area contributed by atoms with Gasteiger partial charge in [0.1, 0.15) is 12.4 Å². The number of terminal acetylenes is 1. The van der Waals surface area contributed by atoms with Crippen molar-refractivity contribution >= 4 is 5.69 Å². The maximum Gasteiger partial charge on any atom is 0.148 e. The molecule has 2 rings (SSSR count). The van der Waals surface area contributed by atoms with Crippen molar-refractivity contribution in [3.63, 3.8) is 0 Å². The van der Waals surface area contributed by atoms with Gasteiger partial charge in [0.2, 0.25) is 0 Å². The summed E-state index contributed by atoms with van der Waals surface area (Å²) in [7, 11) is 0. The second kappa shape index (κ2) is 7.10. The Bertz CT molecular complexity index is 529. The van der Waals surface area contributed by atoms with Crippen LogP contribution < -0.4 is 15.6 Å². The summed E-state index contributed by atoms with van der Waals surface area (Å²) in [4.78, 5) is 0. The minimum Gasteiger partial charge on any atom is -0.481 e. The number of hydrazine groups is 1. The Balaban J connectivity index is 1.79. The number of hydrogen-bond acceptors (Lipinski definition) is 3. The average Bonchev–Trinajstić information content (AvgIpc) is 2.47. The number of hydrogen-bond donors (Lipinski definition) is 2. The molecule has 0 aliphatic heterocycles. The Hall–Kier alpha value is -2.44. The molecule has 2 aromatic carbocycles. The number of nitrogens with one attached hydrogen (secondary N) is 2. The molecule has 3 heteroatoms. The Morgan fingerprint density at radius 1 is 1.00 bits per heavy atom. The van der Waals surface area contributed by atoms with E-state index in [9.17, 15) is 0 Å². The van der Waals surface area contributed by atoms with Crippen LogP contribution in [0, 0.1) is 12.3 Å². The first-order chi connectivity index (χ1) is 9.38. The topological polar surface area (TPSA) is 33.3 Å². The molecule has 0 heterocycles. The third-order valence-electron chi connectivity index (χ3n) is 2.54. The molecule has 0 fully saturated rings. The fourth-order valence-electron chi connectivity index (χ4n) is 1.60. The van der Waals surface area contributed by atoms with E-state index in [0.717, 1.165) is 23.5 Å². The van der Waals surface area contributed by atoms with Crippen LogP contribution in [-0.4, -0.2) is 6.61 Å². The largest absolute Gasteiger partial charge is 0.481 e. The molecule has 19 heavy (non-hydrogen) atoms. The maximum absolute atomic E-state index is 5.31. The molecule has 0 bridgehead atoms. The molecule has 0 saturated heterocycles. The summed E-state index contributed by atoms with van der Waals surface area (Å²) >= 11 is 0. The van der Waals surface area contributed by atoms with Gasteiger partial charge in [-0.1, -0.05) is 36.3 Å². The van der Waals surface area contributed by atoms with Gasteiger partial charge >= 0.3 is 0 Å². The number of anilines is 1. The molecule has 3 nitrogen and oxygen atoms in total. The lowest BCUT2D eigenvalue weighted by Gasteiger charge is -2.09. The summed E-state index contributed by atoms with van der Waals surface area (Å²) < 4.78 is 5.31. The van der Waals surface area contributed by atoms with Crippen molar-refractivity contribution in [2.45, 2.75) is 6.54 Å². The summed E-state index contributed by atoms with van der Waals surface area (Å²) in [6, 6.07) is 17.8. The first-order valence-corrected chi connectivity index (χ1v) is 6.07. The van der Waals surface area contributed by atoms with Crippen molar-refractivity contribution in [3.05, 3.63) is 60.2 Å². The predicted octanol–water partition coefficient (Wildman–Crippen LogP) is 2.82. The molecule has 0 aliphatic rings. The molecule has 0 saturated carbocycles. The van der Waals surface area contributed by atoms with Gasteiger partial charge in [-0.3, -0.25) is 0 Å². The third-order valence-corrected chi connectivity index (χ3v) is 2.54. The Labute approximate surface area is 113 Å². The fraction of sp³-hybridized carbons (Fsp3) is 0.125. The van der Waals surface area contributed by atoms with Gasteiger partial charge in [0.05, 0.1) is 0 Å². The average molecular weight is 252 g/mol. The molecule has 0 radical (unpaired) electrons. The second-order valence-corrected chi connectivity index (χ2v) is 3.98. The van der Waals surface area contributed by atoms with Crippen molar-refractivity contribution in [2.24, 2.45) is 0 Å². The summed E-state index contributed by atoms with van der Waals surface area (Å²) in [6.07, 6.45) is 5.13. The normalized spacial score (nSPS) is 9.63. The number of benzene rings is 2. The second-order valence-electron chi connectivity index (χ2n) is 3.98. The molecule has 96 valence electrons. The van der Waals surface area contributed by atoms with Crippen molar-refractivity contribution in [1.82, 2.24) is 5.43 Å². The van der Waals surface area contributed by atoms with Gasteiger partial charge in [0, 0.05) is 12.2 Å². The van der Waals surface area contributed by atoms with E-state index in [2.05, 4.69) is 16.8 Å². The van der Waals surface area contributed by atoms with Crippen LogP contribution in [0.5, 0.6) is 5.75 Å². The van der Waals surface area contributed by atoms with E-state index in [4.69, 9.17) is 11.2 Å². The van der Waals surface area contributed by atoms with Gasteiger partial charge in [-0.25, -0.2) is 5.43 Å². The highest BCUT2D eigenvalue weighted by atomic mass is 16.5. The Morgan fingerprint density at radius 2 is 1.74 bits per heavy atom. The zero-order valence-electron chi connectivity index (χ0n) is 10.6. The summed E-state index contributed by atoms with van der Waals surface area (Å²) in [5, 5.41) is 0. The number of ether oxygens (including phenoxy) is 1. The maximum atomic E-state index is 5.31. The Kier molecular flexibility index (Phi) is 4.86. The van der Waals surface area contributed by atoms with Crippen molar-refractivity contribution in [3.8, 4) is 18.1 Å². The molecule has 0 amide bonds. The lowest BCUT2D eigenvalue weighted by molar-refractivity contribution is 0.370. The SMILES string of the molecule is C#CCOc1ccc(CNNc2ccccc2)cc1. The molecule has 0 aromatic heterocycles. The van der Waals surface area contributed by atoms with Crippen LogP contribution in [0.4, 0.5) is 5.69 Å². The van der Waals surface area contributed by atoms with Gasteiger partial charge < -0.3 is 10.2 Å². The molecular weight excluding hydrogens is 236 g/mol. The molecule has 2 aromatic rings. The first kappa shape index (κ1) is 13.0. The van der Waals surface area contributed by atoms with E-state index in [0.29, 0.717) is 6.61 Å². The lowest BCUT2D eigenvalue weighted by atomic mass is 10.2. The molecule has 0 spiro atoms. The lowest BCUT2D eigenvalue weighted by Crippen LogP contribution is -2.20. The van der Waals surface area contributed by atoms with Crippen molar-refractivity contribution in [2.75, 3.05) is 12.0 Å². The van der Waals surface area contributed by atoms with Crippen LogP contribution in [0.15, 0.2) is 54.6 Å². The van der Waals surface area contributed by atoms with Crippen LogP contribution in [0.1, 0.15) is 5.56 Å². The van der Waals surface area contributed by atoms with E-state index >= 15 is 0 Å². The zero-order valence-corrected chi connectivity index (χ0v) is 10.6. The fourth-order valence-corrected chi connectivity index (χ4v) is 1.60. The summed E-state index contributed by atoms with van der Waals surface area (Å²) in [5.74, 6) is 3.23. The van der Waals surface area contributed by atoms with Gasteiger partial charge in [-0.2, -0.15) is 0 Å². The van der Waals surface area contributed by atoms with Crippen LogP contribution >= 0.6 is 0 Å². The van der Waals surface area contributed by atoms with E-state index in [1.165, 1.54) is 0 Å². The first-order valence-electron chi connectivity index (χ1n) is 6.07.